The highest BCUT2D eigenvalue weighted by Gasteiger charge is 2.21. The van der Waals surface area contributed by atoms with Gasteiger partial charge in [0.1, 0.15) is 0 Å². The average Bonchev–Trinajstić information content (AvgIpc) is 2.74. The van der Waals surface area contributed by atoms with Gasteiger partial charge in [-0.3, -0.25) is 9.59 Å². The molecule has 2 amide bonds. The van der Waals surface area contributed by atoms with Gasteiger partial charge in [-0.1, -0.05) is 18.2 Å². The highest BCUT2D eigenvalue weighted by molar-refractivity contribution is 6.06. The Morgan fingerprint density at radius 2 is 2.05 bits per heavy atom. The second kappa shape index (κ2) is 4.76. The number of H-pyrrole nitrogens is 1. The summed E-state index contributed by atoms with van der Waals surface area (Å²) in [4.78, 5) is 28.6. The number of benzene rings is 1. The van der Waals surface area contributed by atoms with E-state index in [-0.39, 0.29) is 11.8 Å². The highest BCUT2D eigenvalue weighted by Crippen LogP contribution is 2.19. The molecule has 0 saturated carbocycles. The lowest BCUT2D eigenvalue weighted by Crippen LogP contribution is -2.34. The minimum atomic E-state index is -0.0195. The standard InChI is InChI=1S/C14H15N3O2/c18-13-5-7-17(8-6-15-13)14(19)11-9-16-12-4-2-1-3-10(11)12/h1-4,9,16H,5-8H2,(H,15,18). The number of aromatic nitrogens is 1. The third-order valence-corrected chi connectivity index (χ3v) is 3.42. The minimum Gasteiger partial charge on any atom is -0.360 e. The molecule has 1 aliphatic rings. The number of para-hydroxylation sites is 1. The van der Waals surface area contributed by atoms with Crippen molar-refractivity contribution in [2.24, 2.45) is 0 Å². The van der Waals surface area contributed by atoms with Crippen LogP contribution in [-0.2, 0) is 4.79 Å². The summed E-state index contributed by atoms with van der Waals surface area (Å²) in [6, 6.07) is 7.72. The fraction of sp³-hybridized carbons (Fsp3) is 0.286. The first-order valence-corrected chi connectivity index (χ1v) is 6.38. The molecule has 1 aliphatic heterocycles. The van der Waals surface area contributed by atoms with Crippen LogP contribution in [0.25, 0.3) is 10.9 Å². The summed E-state index contributed by atoms with van der Waals surface area (Å²) in [6.07, 6.45) is 2.11. The number of rotatable bonds is 1. The zero-order valence-corrected chi connectivity index (χ0v) is 10.5. The maximum atomic E-state index is 12.5. The quantitative estimate of drug-likeness (QED) is 0.804. The molecular formula is C14H15N3O2. The molecule has 3 rings (SSSR count). The Kier molecular flexibility index (Phi) is 2.95. The molecule has 0 aliphatic carbocycles. The van der Waals surface area contributed by atoms with Gasteiger partial charge in [0.2, 0.25) is 5.91 Å². The lowest BCUT2D eigenvalue weighted by Gasteiger charge is -2.18. The van der Waals surface area contributed by atoms with E-state index in [0.717, 1.165) is 10.9 Å². The Labute approximate surface area is 110 Å². The number of carbonyl (C=O) groups is 2. The van der Waals surface area contributed by atoms with E-state index < -0.39 is 0 Å². The molecule has 1 aromatic carbocycles. The number of amides is 2. The maximum absolute atomic E-state index is 12.5. The molecule has 5 nitrogen and oxygen atoms in total. The van der Waals surface area contributed by atoms with Crippen LogP contribution in [0, 0.1) is 0 Å². The van der Waals surface area contributed by atoms with Crippen LogP contribution in [0.5, 0.6) is 0 Å². The number of aromatic amines is 1. The summed E-state index contributed by atoms with van der Waals surface area (Å²) in [6.45, 7) is 1.56. The lowest BCUT2D eigenvalue weighted by molar-refractivity contribution is -0.120. The van der Waals surface area contributed by atoms with E-state index >= 15 is 0 Å². The van der Waals surface area contributed by atoms with Gasteiger partial charge in [0.15, 0.2) is 0 Å². The van der Waals surface area contributed by atoms with Gasteiger partial charge < -0.3 is 15.2 Å². The van der Waals surface area contributed by atoms with E-state index in [2.05, 4.69) is 10.3 Å². The highest BCUT2D eigenvalue weighted by atomic mass is 16.2. The molecule has 1 saturated heterocycles. The molecule has 1 aromatic heterocycles. The number of hydrogen-bond donors (Lipinski definition) is 2. The van der Waals surface area contributed by atoms with Crippen LogP contribution in [0.1, 0.15) is 16.8 Å². The molecule has 2 N–H and O–H groups in total. The molecule has 2 heterocycles. The van der Waals surface area contributed by atoms with Gasteiger partial charge in [-0.05, 0) is 6.07 Å². The predicted octanol–water partition coefficient (Wildman–Crippen LogP) is 1.13. The molecule has 0 spiro atoms. The molecule has 0 bridgehead atoms. The van der Waals surface area contributed by atoms with Crippen LogP contribution in [0.3, 0.4) is 0 Å². The predicted molar refractivity (Wildman–Crippen MR) is 71.8 cm³/mol. The number of carbonyl (C=O) groups excluding carboxylic acids is 2. The van der Waals surface area contributed by atoms with Crippen molar-refractivity contribution in [1.82, 2.24) is 15.2 Å². The SMILES string of the molecule is O=C1CCN(C(=O)c2c[nH]c3ccccc23)CCN1. The largest absolute Gasteiger partial charge is 0.360 e. The minimum absolute atomic E-state index is 0.00854. The Bertz CT molecular complexity index is 632. The Hall–Kier alpha value is -2.30. The number of nitrogens with one attached hydrogen (secondary N) is 2. The van der Waals surface area contributed by atoms with E-state index in [0.29, 0.717) is 31.6 Å². The third kappa shape index (κ3) is 2.19. The molecule has 0 unspecified atom stereocenters. The first-order valence-electron chi connectivity index (χ1n) is 6.38. The number of hydrogen-bond acceptors (Lipinski definition) is 2. The van der Waals surface area contributed by atoms with Crippen molar-refractivity contribution in [2.45, 2.75) is 6.42 Å². The summed E-state index contributed by atoms with van der Waals surface area (Å²) in [7, 11) is 0. The lowest BCUT2D eigenvalue weighted by atomic mass is 10.1. The van der Waals surface area contributed by atoms with Gasteiger partial charge in [0, 0.05) is 43.2 Å². The molecule has 1 fully saturated rings. The summed E-state index contributed by atoms with van der Waals surface area (Å²) < 4.78 is 0. The Morgan fingerprint density at radius 3 is 2.95 bits per heavy atom. The van der Waals surface area contributed by atoms with E-state index in [4.69, 9.17) is 0 Å². The van der Waals surface area contributed by atoms with Crippen molar-refractivity contribution in [3.05, 3.63) is 36.0 Å². The average molecular weight is 257 g/mol. The monoisotopic (exact) mass is 257 g/mol. The summed E-state index contributed by atoms with van der Waals surface area (Å²) in [5, 5.41) is 3.70. The van der Waals surface area contributed by atoms with E-state index in [1.54, 1.807) is 11.1 Å². The summed E-state index contributed by atoms with van der Waals surface area (Å²) in [5.74, 6) is -0.0109. The van der Waals surface area contributed by atoms with Crippen molar-refractivity contribution < 1.29 is 9.59 Å². The van der Waals surface area contributed by atoms with Gasteiger partial charge >= 0.3 is 0 Å². The fourth-order valence-electron chi connectivity index (χ4n) is 2.39. The Balaban J connectivity index is 1.89. The molecule has 19 heavy (non-hydrogen) atoms. The van der Waals surface area contributed by atoms with Crippen LogP contribution in [0.2, 0.25) is 0 Å². The van der Waals surface area contributed by atoms with E-state index in [1.165, 1.54) is 0 Å². The van der Waals surface area contributed by atoms with Crippen molar-refractivity contribution >= 4 is 22.7 Å². The van der Waals surface area contributed by atoms with E-state index in [1.807, 2.05) is 24.3 Å². The molecule has 98 valence electrons. The Morgan fingerprint density at radius 1 is 1.21 bits per heavy atom. The van der Waals surface area contributed by atoms with Crippen LogP contribution < -0.4 is 5.32 Å². The molecule has 5 heteroatoms. The number of fused-ring (bicyclic) bond motifs is 1. The van der Waals surface area contributed by atoms with Crippen LogP contribution in [0.4, 0.5) is 0 Å². The third-order valence-electron chi connectivity index (χ3n) is 3.42. The van der Waals surface area contributed by atoms with Gasteiger partial charge in [0.05, 0.1) is 5.56 Å². The van der Waals surface area contributed by atoms with E-state index in [9.17, 15) is 9.59 Å². The summed E-state index contributed by atoms with van der Waals surface area (Å²) >= 11 is 0. The van der Waals surface area contributed by atoms with Gasteiger partial charge in [-0.2, -0.15) is 0 Å². The van der Waals surface area contributed by atoms with Crippen LogP contribution in [-0.4, -0.2) is 41.3 Å². The summed E-state index contributed by atoms with van der Waals surface area (Å²) in [5.41, 5.74) is 1.62. The molecule has 2 aromatic rings. The second-order valence-corrected chi connectivity index (χ2v) is 4.64. The second-order valence-electron chi connectivity index (χ2n) is 4.64. The van der Waals surface area contributed by atoms with Crippen molar-refractivity contribution in [2.75, 3.05) is 19.6 Å². The van der Waals surface area contributed by atoms with Crippen molar-refractivity contribution in [3.8, 4) is 0 Å². The molecule has 0 atom stereocenters. The molecule has 0 radical (unpaired) electrons. The first kappa shape index (κ1) is 11.8. The fourth-order valence-corrected chi connectivity index (χ4v) is 2.39. The smallest absolute Gasteiger partial charge is 0.256 e. The van der Waals surface area contributed by atoms with Gasteiger partial charge in [-0.15, -0.1) is 0 Å². The zero-order chi connectivity index (χ0) is 13.2. The van der Waals surface area contributed by atoms with Gasteiger partial charge in [0.25, 0.3) is 5.91 Å². The van der Waals surface area contributed by atoms with Crippen molar-refractivity contribution in [1.29, 1.82) is 0 Å². The maximum Gasteiger partial charge on any atom is 0.256 e. The van der Waals surface area contributed by atoms with Crippen LogP contribution in [0.15, 0.2) is 30.5 Å². The normalized spacial score (nSPS) is 16.2. The zero-order valence-electron chi connectivity index (χ0n) is 10.5. The topological polar surface area (TPSA) is 65.2 Å². The number of nitrogens with zero attached hydrogens (tertiary/aromatic N) is 1. The molecular weight excluding hydrogens is 242 g/mol. The van der Waals surface area contributed by atoms with Crippen molar-refractivity contribution in [3.63, 3.8) is 0 Å². The van der Waals surface area contributed by atoms with Gasteiger partial charge in [-0.25, -0.2) is 0 Å². The first-order chi connectivity index (χ1) is 9.25. The van der Waals surface area contributed by atoms with Crippen LogP contribution >= 0.6 is 0 Å².